The summed E-state index contributed by atoms with van der Waals surface area (Å²) in [6.07, 6.45) is 6.93. The van der Waals surface area contributed by atoms with Crippen molar-refractivity contribution >= 4 is 5.91 Å². The topological polar surface area (TPSA) is 72.7 Å². The second-order valence-corrected chi connectivity index (χ2v) is 5.57. The van der Waals surface area contributed by atoms with Crippen LogP contribution < -0.4 is 5.32 Å². The molecule has 1 aromatic carbocycles. The van der Waals surface area contributed by atoms with Crippen molar-refractivity contribution in [2.45, 2.75) is 20.4 Å². The van der Waals surface area contributed by atoms with Crippen molar-refractivity contribution in [1.29, 1.82) is 0 Å². The number of imidazole rings is 1. The van der Waals surface area contributed by atoms with Crippen LogP contribution >= 0.6 is 0 Å². The highest BCUT2D eigenvalue weighted by atomic mass is 16.1. The van der Waals surface area contributed by atoms with Crippen LogP contribution in [0.25, 0.3) is 11.6 Å². The van der Waals surface area contributed by atoms with E-state index in [-0.39, 0.29) is 5.91 Å². The van der Waals surface area contributed by atoms with Gasteiger partial charge in [0.2, 0.25) is 0 Å². The number of hydrogen-bond donors (Lipinski definition) is 1. The highest BCUT2D eigenvalue weighted by Crippen LogP contribution is 2.11. The van der Waals surface area contributed by atoms with Gasteiger partial charge in [0.15, 0.2) is 11.6 Å². The molecule has 3 aromatic rings. The average Bonchev–Trinajstić information content (AvgIpc) is 3.06. The van der Waals surface area contributed by atoms with Crippen LogP contribution in [0.5, 0.6) is 0 Å². The van der Waals surface area contributed by atoms with Crippen molar-refractivity contribution in [1.82, 2.24) is 24.8 Å². The maximum atomic E-state index is 12.2. The Labute approximate surface area is 140 Å². The van der Waals surface area contributed by atoms with E-state index < -0.39 is 0 Å². The summed E-state index contributed by atoms with van der Waals surface area (Å²) in [6, 6.07) is 7.48. The van der Waals surface area contributed by atoms with Crippen LogP contribution in [0.4, 0.5) is 0 Å². The lowest BCUT2D eigenvalue weighted by Crippen LogP contribution is -2.27. The van der Waals surface area contributed by atoms with Gasteiger partial charge in [-0.05, 0) is 43.2 Å². The van der Waals surface area contributed by atoms with Gasteiger partial charge in [-0.3, -0.25) is 4.79 Å². The van der Waals surface area contributed by atoms with Crippen LogP contribution in [-0.4, -0.2) is 32.0 Å². The van der Waals surface area contributed by atoms with Gasteiger partial charge >= 0.3 is 0 Å². The van der Waals surface area contributed by atoms with Gasteiger partial charge in [-0.2, -0.15) is 0 Å². The molecule has 3 rings (SSSR count). The fraction of sp³-hybridized carbons (Fsp3) is 0.222. The molecular formula is C18H19N5O. The first kappa shape index (κ1) is 15.9. The third-order valence-electron chi connectivity index (χ3n) is 3.89. The van der Waals surface area contributed by atoms with E-state index in [4.69, 9.17) is 0 Å². The van der Waals surface area contributed by atoms with Gasteiger partial charge in [-0.1, -0.05) is 6.07 Å². The quantitative estimate of drug-likeness (QED) is 0.783. The third kappa shape index (κ3) is 3.48. The van der Waals surface area contributed by atoms with Crippen molar-refractivity contribution in [3.05, 3.63) is 65.7 Å². The Balaban J connectivity index is 1.62. The van der Waals surface area contributed by atoms with Crippen LogP contribution in [0.3, 0.4) is 0 Å². The molecule has 0 aliphatic carbocycles. The molecule has 1 N–H and O–H groups in total. The van der Waals surface area contributed by atoms with Crippen LogP contribution in [-0.2, 0) is 6.54 Å². The molecule has 0 saturated carbocycles. The molecular weight excluding hydrogens is 302 g/mol. The van der Waals surface area contributed by atoms with Crippen molar-refractivity contribution in [3.63, 3.8) is 0 Å². The SMILES string of the molecule is Cc1ccc(C(=O)NCCn2ccnc2-c2ncccn2)cc1C. The number of hydrogen-bond acceptors (Lipinski definition) is 4. The Morgan fingerprint density at radius 1 is 1.08 bits per heavy atom. The van der Waals surface area contributed by atoms with Crippen LogP contribution in [0.1, 0.15) is 21.5 Å². The molecule has 0 radical (unpaired) electrons. The maximum Gasteiger partial charge on any atom is 0.251 e. The lowest BCUT2D eigenvalue weighted by molar-refractivity contribution is 0.0952. The first-order chi connectivity index (χ1) is 11.6. The van der Waals surface area contributed by atoms with E-state index in [9.17, 15) is 4.79 Å². The number of nitrogens with one attached hydrogen (secondary N) is 1. The van der Waals surface area contributed by atoms with Gasteiger partial charge in [-0.15, -0.1) is 0 Å². The van der Waals surface area contributed by atoms with Gasteiger partial charge in [0.25, 0.3) is 5.91 Å². The second-order valence-electron chi connectivity index (χ2n) is 5.57. The monoisotopic (exact) mass is 321 g/mol. The van der Waals surface area contributed by atoms with Crippen molar-refractivity contribution in [2.24, 2.45) is 0 Å². The predicted octanol–water partition coefficient (Wildman–Crippen LogP) is 2.39. The number of aryl methyl sites for hydroxylation is 2. The highest BCUT2D eigenvalue weighted by molar-refractivity contribution is 5.94. The van der Waals surface area contributed by atoms with Gasteiger partial charge in [0.1, 0.15) is 0 Å². The van der Waals surface area contributed by atoms with Gasteiger partial charge in [-0.25, -0.2) is 15.0 Å². The summed E-state index contributed by atoms with van der Waals surface area (Å²) in [5.74, 6) is 1.19. The van der Waals surface area contributed by atoms with E-state index in [1.54, 1.807) is 24.7 Å². The Hall–Kier alpha value is -3.02. The van der Waals surface area contributed by atoms with Crippen LogP contribution in [0.2, 0.25) is 0 Å². The van der Waals surface area contributed by atoms with Crippen LogP contribution in [0.15, 0.2) is 49.1 Å². The standard InChI is InChI=1S/C18H19N5O/c1-13-4-5-15(12-14(13)2)18(24)22-9-11-23-10-8-21-17(23)16-19-6-3-7-20-16/h3-8,10,12H,9,11H2,1-2H3,(H,22,24). The molecule has 6 heteroatoms. The maximum absolute atomic E-state index is 12.2. The summed E-state index contributed by atoms with van der Waals surface area (Å²) >= 11 is 0. The molecule has 0 unspecified atom stereocenters. The summed E-state index contributed by atoms with van der Waals surface area (Å²) in [7, 11) is 0. The number of benzene rings is 1. The van der Waals surface area contributed by atoms with Gasteiger partial charge in [0, 0.05) is 43.4 Å². The number of amides is 1. The van der Waals surface area contributed by atoms with Crippen molar-refractivity contribution < 1.29 is 4.79 Å². The summed E-state index contributed by atoms with van der Waals surface area (Å²) in [4.78, 5) is 24.9. The number of carbonyl (C=O) groups excluding carboxylic acids is 1. The predicted molar refractivity (Wildman–Crippen MR) is 91.5 cm³/mol. The zero-order valence-corrected chi connectivity index (χ0v) is 13.7. The molecule has 2 aromatic heterocycles. The van der Waals surface area contributed by atoms with Gasteiger partial charge in [0.05, 0.1) is 0 Å². The first-order valence-electron chi connectivity index (χ1n) is 7.79. The number of rotatable bonds is 5. The molecule has 2 heterocycles. The molecule has 6 nitrogen and oxygen atoms in total. The first-order valence-corrected chi connectivity index (χ1v) is 7.79. The Kier molecular flexibility index (Phi) is 4.65. The summed E-state index contributed by atoms with van der Waals surface area (Å²) in [6.45, 7) is 5.14. The number of carbonyl (C=O) groups is 1. The molecule has 0 spiro atoms. The van der Waals surface area contributed by atoms with Crippen molar-refractivity contribution in [3.8, 4) is 11.6 Å². The van der Waals surface area contributed by atoms with Crippen LogP contribution in [0, 0.1) is 13.8 Å². The largest absolute Gasteiger partial charge is 0.350 e. The van der Waals surface area contributed by atoms with E-state index in [1.165, 1.54) is 5.56 Å². The van der Waals surface area contributed by atoms with E-state index in [0.717, 1.165) is 5.56 Å². The fourth-order valence-corrected chi connectivity index (χ4v) is 2.38. The molecule has 0 fully saturated rings. The molecule has 0 saturated heterocycles. The minimum Gasteiger partial charge on any atom is -0.350 e. The normalized spacial score (nSPS) is 10.6. The fourth-order valence-electron chi connectivity index (χ4n) is 2.38. The van der Waals surface area contributed by atoms with E-state index >= 15 is 0 Å². The highest BCUT2D eigenvalue weighted by Gasteiger charge is 2.09. The second kappa shape index (κ2) is 7.04. The molecule has 0 atom stereocenters. The Morgan fingerprint density at radius 2 is 1.88 bits per heavy atom. The lowest BCUT2D eigenvalue weighted by atomic mass is 10.1. The minimum atomic E-state index is -0.0734. The molecule has 1 amide bonds. The molecule has 0 aliphatic heterocycles. The molecule has 0 aliphatic rings. The van der Waals surface area contributed by atoms with E-state index in [2.05, 4.69) is 20.3 Å². The molecule has 24 heavy (non-hydrogen) atoms. The van der Waals surface area contributed by atoms with Gasteiger partial charge < -0.3 is 9.88 Å². The van der Waals surface area contributed by atoms with E-state index in [1.807, 2.05) is 42.8 Å². The van der Waals surface area contributed by atoms with Crippen molar-refractivity contribution in [2.75, 3.05) is 6.54 Å². The third-order valence-corrected chi connectivity index (χ3v) is 3.89. The average molecular weight is 321 g/mol. The number of aromatic nitrogens is 4. The Bertz CT molecular complexity index is 842. The molecule has 122 valence electrons. The summed E-state index contributed by atoms with van der Waals surface area (Å²) in [5, 5.41) is 2.93. The molecule has 0 bridgehead atoms. The zero-order chi connectivity index (χ0) is 16.9. The number of nitrogens with zero attached hydrogens (tertiary/aromatic N) is 4. The Morgan fingerprint density at radius 3 is 2.62 bits per heavy atom. The summed E-state index contributed by atoms with van der Waals surface area (Å²) < 4.78 is 1.93. The summed E-state index contributed by atoms with van der Waals surface area (Å²) in [5.41, 5.74) is 2.97. The lowest BCUT2D eigenvalue weighted by Gasteiger charge is -2.09. The zero-order valence-electron chi connectivity index (χ0n) is 13.7. The smallest absolute Gasteiger partial charge is 0.251 e. The minimum absolute atomic E-state index is 0.0734. The van der Waals surface area contributed by atoms with E-state index in [0.29, 0.717) is 30.3 Å².